The molecule has 2 aromatic rings. The maximum atomic E-state index is 2.38. The second kappa shape index (κ2) is 4.07. The van der Waals surface area contributed by atoms with Crippen molar-refractivity contribution in [3.05, 3.63) is 36.0 Å². The summed E-state index contributed by atoms with van der Waals surface area (Å²) in [5.74, 6) is 0. The summed E-state index contributed by atoms with van der Waals surface area (Å²) in [5, 5.41) is 1.34. The van der Waals surface area contributed by atoms with Gasteiger partial charge in [0.1, 0.15) is 0 Å². The van der Waals surface area contributed by atoms with E-state index < -0.39 is 0 Å². The van der Waals surface area contributed by atoms with Crippen LogP contribution in [0.5, 0.6) is 0 Å². The Morgan fingerprint density at radius 2 is 1.93 bits per heavy atom. The van der Waals surface area contributed by atoms with E-state index in [4.69, 9.17) is 0 Å². The molecule has 0 aliphatic rings. The molecule has 2 nitrogen and oxygen atoms in total. The van der Waals surface area contributed by atoms with Gasteiger partial charge in [-0.25, -0.2) is 0 Å². The Kier molecular flexibility index (Phi) is 2.78. The van der Waals surface area contributed by atoms with E-state index in [2.05, 4.69) is 60.8 Å². The van der Waals surface area contributed by atoms with E-state index >= 15 is 0 Å². The van der Waals surface area contributed by atoms with Gasteiger partial charge in [-0.1, -0.05) is 18.2 Å². The first-order valence-corrected chi connectivity index (χ1v) is 5.38. The second-order valence-corrected chi connectivity index (χ2v) is 4.30. The number of aryl methyl sites for hydroxylation is 1. The molecular formula is C13H18N2. The largest absolute Gasteiger partial charge is 0.344 e. The summed E-state index contributed by atoms with van der Waals surface area (Å²) < 4.78 is 2.38. The molecule has 0 radical (unpaired) electrons. The standard InChI is InChI=1S/C13H18N2/c1-11-10-12-6-4-5-7-13(12)15(11)9-8-14(2)3/h4-7,10H,8-9H2,1-3H3. The Bertz CT molecular complexity index is 455. The van der Waals surface area contributed by atoms with Gasteiger partial charge in [-0.3, -0.25) is 0 Å². The molecule has 0 amide bonds. The Hall–Kier alpha value is -1.28. The van der Waals surface area contributed by atoms with Gasteiger partial charge in [-0.05, 0) is 38.5 Å². The van der Waals surface area contributed by atoms with Crippen LogP contribution in [0.15, 0.2) is 30.3 Å². The van der Waals surface area contributed by atoms with Crippen LogP contribution < -0.4 is 0 Å². The molecule has 0 fully saturated rings. The molecule has 2 heteroatoms. The van der Waals surface area contributed by atoms with Gasteiger partial charge in [-0.15, -0.1) is 0 Å². The summed E-state index contributed by atoms with van der Waals surface area (Å²) in [6, 6.07) is 10.8. The minimum atomic E-state index is 1.06. The number of hydrogen-bond donors (Lipinski definition) is 0. The topological polar surface area (TPSA) is 8.17 Å². The smallest absolute Gasteiger partial charge is 0.0482 e. The number of likely N-dealkylation sites (N-methyl/N-ethyl adjacent to an activating group) is 1. The number of nitrogens with zero attached hydrogens (tertiary/aromatic N) is 2. The molecule has 0 aliphatic carbocycles. The van der Waals surface area contributed by atoms with Crippen LogP contribution in [0.1, 0.15) is 5.69 Å². The summed E-state index contributed by atoms with van der Waals surface area (Å²) in [6.45, 7) is 4.32. The Morgan fingerprint density at radius 1 is 1.20 bits per heavy atom. The minimum Gasteiger partial charge on any atom is -0.344 e. The molecule has 0 atom stereocenters. The third-order valence-corrected chi connectivity index (χ3v) is 2.79. The van der Waals surface area contributed by atoms with Crippen LogP contribution in [-0.4, -0.2) is 30.1 Å². The van der Waals surface area contributed by atoms with Crippen molar-refractivity contribution in [2.24, 2.45) is 0 Å². The number of hydrogen-bond acceptors (Lipinski definition) is 1. The summed E-state index contributed by atoms with van der Waals surface area (Å²) >= 11 is 0. The Labute approximate surface area is 91.1 Å². The van der Waals surface area contributed by atoms with Gasteiger partial charge in [0.15, 0.2) is 0 Å². The van der Waals surface area contributed by atoms with E-state index in [-0.39, 0.29) is 0 Å². The zero-order valence-corrected chi connectivity index (χ0v) is 9.70. The molecule has 0 saturated heterocycles. The number of fused-ring (bicyclic) bond motifs is 1. The van der Waals surface area contributed by atoms with Gasteiger partial charge >= 0.3 is 0 Å². The first-order valence-electron chi connectivity index (χ1n) is 5.38. The van der Waals surface area contributed by atoms with Gasteiger partial charge in [0.25, 0.3) is 0 Å². The van der Waals surface area contributed by atoms with Crippen LogP contribution >= 0.6 is 0 Å². The first kappa shape index (κ1) is 10.2. The van der Waals surface area contributed by atoms with Crippen molar-refractivity contribution in [1.29, 1.82) is 0 Å². The maximum absolute atomic E-state index is 2.38. The lowest BCUT2D eigenvalue weighted by molar-refractivity contribution is 0.385. The van der Waals surface area contributed by atoms with Crippen molar-refractivity contribution in [3.63, 3.8) is 0 Å². The van der Waals surface area contributed by atoms with E-state index in [1.54, 1.807) is 0 Å². The molecule has 80 valence electrons. The van der Waals surface area contributed by atoms with Crippen molar-refractivity contribution in [3.8, 4) is 0 Å². The Morgan fingerprint density at radius 3 is 2.67 bits per heavy atom. The average Bonchev–Trinajstić information content (AvgIpc) is 2.50. The fourth-order valence-corrected chi connectivity index (χ4v) is 1.95. The third kappa shape index (κ3) is 2.05. The van der Waals surface area contributed by atoms with Gasteiger partial charge in [-0.2, -0.15) is 0 Å². The van der Waals surface area contributed by atoms with Crippen molar-refractivity contribution >= 4 is 10.9 Å². The molecular weight excluding hydrogens is 184 g/mol. The predicted octanol–water partition coefficient (Wildman–Crippen LogP) is 2.51. The molecule has 0 N–H and O–H groups in total. The lowest BCUT2D eigenvalue weighted by atomic mass is 10.2. The van der Waals surface area contributed by atoms with Gasteiger partial charge in [0.2, 0.25) is 0 Å². The highest BCUT2D eigenvalue weighted by molar-refractivity contribution is 5.81. The van der Waals surface area contributed by atoms with Crippen molar-refractivity contribution in [2.75, 3.05) is 20.6 Å². The van der Waals surface area contributed by atoms with Crippen LogP contribution in [0.3, 0.4) is 0 Å². The average molecular weight is 202 g/mol. The van der Waals surface area contributed by atoms with Crippen LogP contribution in [-0.2, 0) is 6.54 Å². The molecule has 2 rings (SSSR count). The van der Waals surface area contributed by atoms with Crippen LogP contribution in [0, 0.1) is 6.92 Å². The molecule has 0 unspecified atom stereocenters. The summed E-state index contributed by atoms with van der Waals surface area (Å²) in [6.07, 6.45) is 0. The lowest BCUT2D eigenvalue weighted by Crippen LogP contribution is -2.18. The molecule has 0 saturated carbocycles. The quantitative estimate of drug-likeness (QED) is 0.742. The van der Waals surface area contributed by atoms with E-state index in [0.29, 0.717) is 0 Å². The van der Waals surface area contributed by atoms with Gasteiger partial charge in [0, 0.05) is 24.3 Å². The van der Waals surface area contributed by atoms with E-state index in [1.807, 2.05) is 0 Å². The molecule has 1 aromatic heterocycles. The summed E-state index contributed by atoms with van der Waals surface area (Å²) in [7, 11) is 4.22. The van der Waals surface area contributed by atoms with Crippen molar-refractivity contribution in [2.45, 2.75) is 13.5 Å². The SMILES string of the molecule is Cc1cc2ccccc2n1CCN(C)C. The van der Waals surface area contributed by atoms with Gasteiger partial charge in [0.05, 0.1) is 0 Å². The molecule has 0 aliphatic heterocycles. The molecule has 1 heterocycles. The number of aromatic nitrogens is 1. The number of para-hydroxylation sites is 1. The van der Waals surface area contributed by atoms with Crippen molar-refractivity contribution in [1.82, 2.24) is 9.47 Å². The number of rotatable bonds is 3. The highest BCUT2D eigenvalue weighted by Crippen LogP contribution is 2.18. The highest BCUT2D eigenvalue weighted by atomic mass is 15.1. The van der Waals surface area contributed by atoms with Gasteiger partial charge < -0.3 is 9.47 Å². The van der Waals surface area contributed by atoms with Crippen LogP contribution in [0.2, 0.25) is 0 Å². The summed E-state index contributed by atoms with van der Waals surface area (Å²) in [5.41, 5.74) is 2.69. The molecule has 0 spiro atoms. The van der Waals surface area contributed by atoms with E-state index in [9.17, 15) is 0 Å². The zero-order valence-electron chi connectivity index (χ0n) is 9.70. The second-order valence-electron chi connectivity index (χ2n) is 4.30. The molecule has 1 aromatic carbocycles. The third-order valence-electron chi connectivity index (χ3n) is 2.79. The predicted molar refractivity (Wildman–Crippen MR) is 65.2 cm³/mol. The molecule has 15 heavy (non-hydrogen) atoms. The van der Waals surface area contributed by atoms with Crippen LogP contribution in [0.4, 0.5) is 0 Å². The van der Waals surface area contributed by atoms with Crippen LogP contribution in [0.25, 0.3) is 10.9 Å². The number of benzene rings is 1. The highest BCUT2D eigenvalue weighted by Gasteiger charge is 2.04. The molecule has 0 bridgehead atoms. The Balaban J connectivity index is 2.36. The maximum Gasteiger partial charge on any atom is 0.0482 e. The fraction of sp³-hybridized carbons (Fsp3) is 0.385. The van der Waals surface area contributed by atoms with E-state index in [1.165, 1.54) is 16.6 Å². The normalized spacial score (nSPS) is 11.5. The fourth-order valence-electron chi connectivity index (χ4n) is 1.95. The monoisotopic (exact) mass is 202 g/mol. The summed E-state index contributed by atoms with van der Waals surface area (Å²) in [4.78, 5) is 2.22. The van der Waals surface area contributed by atoms with E-state index in [0.717, 1.165) is 13.1 Å². The first-order chi connectivity index (χ1) is 7.18. The zero-order chi connectivity index (χ0) is 10.8. The van der Waals surface area contributed by atoms with Crippen molar-refractivity contribution < 1.29 is 0 Å². The lowest BCUT2D eigenvalue weighted by Gasteiger charge is -2.12. The minimum absolute atomic E-state index is 1.06.